The number of hydrogen-bond donors (Lipinski definition) is 2. The number of anilines is 1. The molecule has 140 valence electrons. The minimum atomic E-state index is 0. The van der Waals surface area contributed by atoms with Gasteiger partial charge in [0.2, 0.25) is 11.0 Å². The molecule has 2 saturated heterocycles. The van der Waals surface area contributed by atoms with Gasteiger partial charge < -0.3 is 10.6 Å². The lowest BCUT2D eigenvalue weighted by Crippen LogP contribution is -2.39. The van der Waals surface area contributed by atoms with E-state index in [0.29, 0.717) is 29.6 Å². The molecule has 2 aromatic rings. The maximum absolute atomic E-state index is 12.3. The van der Waals surface area contributed by atoms with Gasteiger partial charge in [-0.2, -0.15) is 0 Å². The molecule has 1 amide bonds. The number of rotatable bonds is 6. The van der Waals surface area contributed by atoms with Crippen molar-refractivity contribution in [1.29, 1.82) is 0 Å². The Morgan fingerprint density at radius 2 is 1.92 bits per heavy atom. The Labute approximate surface area is 168 Å². The van der Waals surface area contributed by atoms with Gasteiger partial charge in [-0.15, -0.1) is 22.6 Å². The van der Waals surface area contributed by atoms with Crippen LogP contribution in [0.4, 0.5) is 5.13 Å². The fourth-order valence-corrected chi connectivity index (χ4v) is 5.54. The highest BCUT2D eigenvalue weighted by atomic mass is 35.5. The molecule has 26 heavy (non-hydrogen) atoms. The fourth-order valence-electron chi connectivity index (χ4n) is 3.81. The summed E-state index contributed by atoms with van der Waals surface area (Å²) in [6.45, 7) is 0. The Kier molecular flexibility index (Phi) is 6.92. The standard InChI is InChI=1S/C18H22N4OS2.ClH/c23-16(10-13-8-14-6-7-15(9-13)19-14)20-17-21-22-18(25-17)24-11-12-4-2-1-3-5-12;/h1-5,13-15,19H,6-11H2,(H,20,21,23);1H. The number of halogens is 1. The third kappa shape index (κ3) is 5.19. The summed E-state index contributed by atoms with van der Waals surface area (Å²) < 4.78 is 0.888. The van der Waals surface area contributed by atoms with Crippen molar-refractivity contribution in [2.45, 2.75) is 54.3 Å². The van der Waals surface area contributed by atoms with Gasteiger partial charge in [0, 0.05) is 24.3 Å². The van der Waals surface area contributed by atoms with Crippen LogP contribution < -0.4 is 10.6 Å². The summed E-state index contributed by atoms with van der Waals surface area (Å²) in [6.07, 6.45) is 5.37. The minimum Gasteiger partial charge on any atom is -0.311 e. The Morgan fingerprint density at radius 3 is 2.65 bits per heavy atom. The van der Waals surface area contributed by atoms with E-state index >= 15 is 0 Å². The quantitative estimate of drug-likeness (QED) is 0.554. The molecule has 3 heterocycles. The highest BCUT2D eigenvalue weighted by molar-refractivity contribution is 8.00. The van der Waals surface area contributed by atoms with Crippen LogP contribution >= 0.6 is 35.5 Å². The summed E-state index contributed by atoms with van der Waals surface area (Å²) in [5.74, 6) is 1.43. The van der Waals surface area contributed by atoms with E-state index in [4.69, 9.17) is 0 Å². The van der Waals surface area contributed by atoms with Crippen LogP contribution in [0, 0.1) is 5.92 Å². The van der Waals surface area contributed by atoms with Crippen molar-refractivity contribution in [3.63, 3.8) is 0 Å². The molecule has 2 unspecified atom stereocenters. The van der Waals surface area contributed by atoms with Gasteiger partial charge in [0.1, 0.15) is 0 Å². The first kappa shape index (κ1) is 19.6. The van der Waals surface area contributed by atoms with Crippen molar-refractivity contribution in [2.24, 2.45) is 5.92 Å². The predicted octanol–water partition coefficient (Wildman–Crippen LogP) is 4.11. The van der Waals surface area contributed by atoms with Gasteiger partial charge in [-0.3, -0.25) is 4.79 Å². The second-order valence-corrected chi connectivity index (χ2v) is 9.07. The Morgan fingerprint density at radius 1 is 1.19 bits per heavy atom. The number of nitrogens with one attached hydrogen (secondary N) is 2. The lowest BCUT2D eigenvalue weighted by Gasteiger charge is -2.28. The maximum Gasteiger partial charge on any atom is 0.226 e. The summed E-state index contributed by atoms with van der Waals surface area (Å²) >= 11 is 3.10. The van der Waals surface area contributed by atoms with Crippen LogP contribution in [0.2, 0.25) is 0 Å². The van der Waals surface area contributed by atoms with E-state index < -0.39 is 0 Å². The van der Waals surface area contributed by atoms with Crippen LogP contribution in [0.3, 0.4) is 0 Å². The zero-order chi connectivity index (χ0) is 17.1. The summed E-state index contributed by atoms with van der Waals surface area (Å²) in [5, 5.41) is 15.4. The van der Waals surface area contributed by atoms with Crippen molar-refractivity contribution in [3.8, 4) is 0 Å². The maximum atomic E-state index is 12.3. The molecular formula is C18H23ClN4OS2. The van der Waals surface area contributed by atoms with Crippen LogP contribution in [0.15, 0.2) is 34.7 Å². The summed E-state index contributed by atoms with van der Waals surface area (Å²) in [6, 6.07) is 11.5. The highest BCUT2D eigenvalue weighted by Crippen LogP contribution is 2.33. The predicted molar refractivity (Wildman–Crippen MR) is 109 cm³/mol. The molecule has 0 spiro atoms. The van der Waals surface area contributed by atoms with Crippen molar-refractivity contribution in [3.05, 3.63) is 35.9 Å². The van der Waals surface area contributed by atoms with E-state index in [1.54, 1.807) is 11.8 Å². The van der Waals surface area contributed by atoms with Crippen molar-refractivity contribution >= 4 is 46.5 Å². The fraction of sp³-hybridized carbons (Fsp3) is 0.500. The van der Waals surface area contributed by atoms with E-state index in [1.165, 1.54) is 29.7 Å². The van der Waals surface area contributed by atoms with Crippen molar-refractivity contribution < 1.29 is 4.79 Å². The van der Waals surface area contributed by atoms with E-state index in [0.717, 1.165) is 22.9 Å². The van der Waals surface area contributed by atoms with Gasteiger partial charge in [0.15, 0.2) is 4.34 Å². The van der Waals surface area contributed by atoms with E-state index in [1.807, 2.05) is 18.2 Å². The number of piperidine rings is 1. The van der Waals surface area contributed by atoms with Crippen LogP contribution in [0.5, 0.6) is 0 Å². The molecule has 0 aliphatic carbocycles. The summed E-state index contributed by atoms with van der Waals surface area (Å²) in [7, 11) is 0. The molecule has 2 fully saturated rings. The number of amides is 1. The van der Waals surface area contributed by atoms with Crippen molar-refractivity contribution in [1.82, 2.24) is 15.5 Å². The van der Waals surface area contributed by atoms with Crippen molar-refractivity contribution in [2.75, 3.05) is 5.32 Å². The van der Waals surface area contributed by atoms with Crippen LogP contribution in [0.25, 0.3) is 0 Å². The van der Waals surface area contributed by atoms with Gasteiger partial charge in [-0.1, -0.05) is 53.4 Å². The molecule has 2 N–H and O–H groups in total. The van der Waals surface area contributed by atoms with Gasteiger partial charge in [0.05, 0.1) is 0 Å². The summed E-state index contributed by atoms with van der Waals surface area (Å²) in [5.41, 5.74) is 1.26. The zero-order valence-corrected chi connectivity index (χ0v) is 16.8. The van der Waals surface area contributed by atoms with E-state index in [-0.39, 0.29) is 18.3 Å². The molecule has 2 bridgehead atoms. The Hall–Kier alpha value is -1.15. The first-order chi connectivity index (χ1) is 12.2. The second kappa shape index (κ2) is 9.17. The molecule has 2 aliphatic rings. The van der Waals surface area contributed by atoms with E-state index in [2.05, 4.69) is 33.0 Å². The SMILES string of the molecule is Cl.O=C(CC1CC2CCC(C1)N2)Nc1nnc(SCc2ccccc2)s1. The number of thioether (sulfide) groups is 1. The lowest BCUT2D eigenvalue weighted by molar-refractivity contribution is -0.117. The number of aromatic nitrogens is 2. The lowest BCUT2D eigenvalue weighted by atomic mass is 9.89. The Bertz CT molecular complexity index is 715. The summed E-state index contributed by atoms with van der Waals surface area (Å²) in [4.78, 5) is 12.3. The number of carbonyl (C=O) groups excluding carboxylic acids is 1. The average molecular weight is 411 g/mol. The van der Waals surface area contributed by atoms with Gasteiger partial charge in [-0.05, 0) is 37.2 Å². The molecular weight excluding hydrogens is 388 g/mol. The van der Waals surface area contributed by atoms with Gasteiger partial charge >= 0.3 is 0 Å². The monoisotopic (exact) mass is 410 g/mol. The molecule has 8 heteroatoms. The highest BCUT2D eigenvalue weighted by Gasteiger charge is 2.34. The molecule has 0 saturated carbocycles. The topological polar surface area (TPSA) is 66.9 Å². The number of fused-ring (bicyclic) bond motifs is 2. The molecule has 5 nitrogen and oxygen atoms in total. The third-order valence-electron chi connectivity index (χ3n) is 4.90. The molecule has 2 atom stereocenters. The largest absolute Gasteiger partial charge is 0.311 e. The molecule has 1 aromatic carbocycles. The molecule has 0 radical (unpaired) electrons. The minimum absolute atomic E-state index is 0. The Balaban J connectivity index is 0.00000196. The molecule has 1 aromatic heterocycles. The van der Waals surface area contributed by atoms with Gasteiger partial charge in [0.25, 0.3) is 0 Å². The van der Waals surface area contributed by atoms with Crippen LogP contribution in [0.1, 0.15) is 37.7 Å². The third-order valence-corrected chi connectivity index (χ3v) is 6.95. The zero-order valence-electron chi connectivity index (χ0n) is 14.4. The smallest absolute Gasteiger partial charge is 0.226 e. The number of carbonyl (C=O) groups is 1. The molecule has 4 rings (SSSR count). The number of nitrogens with zero attached hydrogens (tertiary/aromatic N) is 2. The number of hydrogen-bond acceptors (Lipinski definition) is 6. The van der Waals surface area contributed by atoms with Crippen LogP contribution in [-0.2, 0) is 10.5 Å². The van der Waals surface area contributed by atoms with Crippen LogP contribution in [-0.4, -0.2) is 28.2 Å². The number of benzene rings is 1. The average Bonchev–Trinajstić information content (AvgIpc) is 3.20. The first-order valence-electron chi connectivity index (χ1n) is 8.81. The first-order valence-corrected chi connectivity index (χ1v) is 10.6. The second-order valence-electron chi connectivity index (χ2n) is 6.87. The normalized spacial score (nSPS) is 24.1. The van der Waals surface area contributed by atoms with E-state index in [9.17, 15) is 4.79 Å². The molecule has 2 aliphatic heterocycles. The van der Waals surface area contributed by atoms with Gasteiger partial charge in [-0.25, -0.2) is 0 Å².